The Morgan fingerprint density at radius 2 is 1.90 bits per heavy atom. The molecular weight excluding hydrogens is 360 g/mol. The van der Waals surface area contributed by atoms with Crippen LogP contribution in [0.25, 0.3) is 0 Å². The fourth-order valence-corrected chi connectivity index (χ4v) is 2.97. The molecule has 6 heteroatoms. The van der Waals surface area contributed by atoms with Crippen molar-refractivity contribution in [1.82, 2.24) is 0 Å². The quantitative estimate of drug-likeness (QED) is 0.831. The predicted octanol–water partition coefficient (Wildman–Crippen LogP) is 4.60. The first-order valence-electron chi connectivity index (χ1n) is 6.12. The van der Waals surface area contributed by atoms with Gasteiger partial charge in [-0.05, 0) is 27.6 Å². The molecule has 0 atom stereocenters. The predicted molar refractivity (Wildman–Crippen MR) is 85.3 cm³/mol. The topological polar surface area (TPSA) is 29.1 Å². The van der Waals surface area contributed by atoms with E-state index in [1.165, 1.54) is 11.8 Å². The van der Waals surface area contributed by atoms with Crippen LogP contribution in [0.5, 0.6) is 0 Å². The highest BCUT2D eigenvalue weighted by atomic mass is 79.9. The molecule has 2 aromatic carbocycles. The molecule has 0 aliphatic rings. The molecule has 0 radical (unpaired) electrons. The number of hydrogen-bond acceptors (Lipinski definition) is 2. The van der Waals surface area contributed by atoms with Gasteiger partial charge in [0, 0.05) is 16.3 Å². The molecule has 2 nitrogen and oxygen atoms in total. The van der Waals surface area contributed by atoms with Gasteiger partial charge in [0.1, 0.15) is 5.82 Å². The number of thioether (sulfide) groups is 1. The molecule has 0 fully saturated rings. The molecule has 0 bridgehead atoms. The summed E-state index contributed by atoms with van der Waals surface area (Å²) in [6.07, 6.45) is 0. The lowest BCUT2D eigenvalue weighted by Crippen LogP contribution is -2.15. The van der Waals surface area contributed by atoms with Gasteiger partial charge in [-0.3, -0.25) is 4.79 Å². The Labute approximate surface area is 134 Å². The average molecular weight is 372 g/mol. The van der Waals surface area contributed by atoms with Crippen molar-refractivity contribution in [2.75, 3.05) is 11.1 Å². The first-order chi connectivity index (χ1) is 10.1. The average Bonchev–Trinajstić information content (AvgIpc) is 2.44. The fraction of sp³-hybridized carbons (Fsp3) is 0.133. The highest BCUT2D eigenvalue weighted by Crippen LogP contribution is 2.27. The van der Waals surface area contributed by atoms with Crippen LogP contribution in [0.2, 0.25) is 0 Å². The van der Waals surface area contributed by atoms with Crippen LogP contribution in [0, 0.1) is 11.6 Å². The van der Waals surface area contributed by atoms with Crippen molar-refractivity contribution < 1.29 is 13.6 Å². The van der Waals surface area contributed by atoms with Crippen LogP contribution in [0.4, 0.5) is 14.5 Å². The minimum atomic E-state index is -0.803. The molecule has 0 saturated heterocycles. The maximum absolute atomic E-state index is 13.6. The minimum absolute atomic E-state index is 0.0401. The zero-order valence-corrected chi connectivity index (χ0v) is 13.3. The van der Waals surface area contributed by atoms with Crippen molar-refractivity contribution in [3.63, 3.8) is 0 Å². The van der Waals surface area contributed by atoms with Gasteiger partial charge in [0.25, 0.3) is 0 Å². The van der Waals surface area contributed by atoms with E-state index in [2.05, 4.69) is 21.2 Å². The van der Waals surface area contributed by atoms with Gasteiger partial charge in [-0.2, -0.15) is 0 Å². The van der Waals surface area contributed by atoms with Gasteiger partial charge >= 0.3 is 0 Å². The Balaban J connectivity index is 1.88. The lowest BCUT2D eigenvalue weighted by molar-refractivity contribution is -0.113. The number of anilines is 1. The number of rotatable bonds is 5. The summed E-state index contributed by atoms with van der Waals surface area (Å²) in [5.41, 5.74) is 1.08. The van der Waals surface area contributed by atoms with Gasteiger partial charge in [-0.15, -0.1) is 11.8 Å². The Hall–Kier alpha value is -1.40. The van der Waals surface area contributed by atoms with E-state index in [0.29, 0.717) is 5.75 Å². The largest absolute Gasteiger partial charge is 0.322 e. The van der Waals surface area contributed by atoms with E-state index in [1.54, 1.807) is 0 Å². The molecular formula is C15H12BrF2NOS. The number of benzene rings is 2. The van der Waals surface area contributed by atoms with Crippen molar-refractivity contribution in [3.8, 4) is 0 Å². The zero-order chi connectivity index (χ0) is 15.2. The SMILES string of the molecule is O=C(CSCc1ccccc1)Nc1c(F)cc(F)cc1Br. The molecule has 0 aromatic heterocycles. The number of halogens is 3. The normalized spacial score (nSPS) is 10.4. The van der Waals surface area contributed by atoms with Crippen molar-refractivity contribution in [2.24, 2.45) is 0 Å². The van der Waals surface area contributed by atoms with E-state index >= 15 is 0 Å². The Kier molecular flexibility index (Phi) is 5.76. The molecule has 0 heterocycles. The Bertz CT molecular complexity index is 614. The fourth-order valence-electron chi connectivity index (χ4n) is 1.67. The Morgan fingerprint density at radius 3 is 2.57 bits per heavy atom. The van der Waals surface area contributed by atoms with Gasteiger partial charge < -0.3 is 5.32 Å². The molecule has 0 aliphatic heterocycles. The molecule has 1 amide bonds. The molecule has 2 rings (SSSR count). The third-order valence-corrected chi connectivity index (χ3v) is 4.25. The van der Waals surface area contributed by atoms with Crippen molar-refractivity contribution >= 4 is 39.3 Å². The molecule has 21 heavy (non-hydrogen) atoms. The third kappa shape index (κ3) is 4.82. The highest BCUT2D eigenvalue weighted by molar-refractivity contribution is 9.10. The summed E-state index contributed by atoms with van der Waals surface area (Å²) >= 11 is 4.45. The van der Waals surface area contributed by atoms with Crippen molar-refractivity contribution in [1.29, 1.82) is 0 Å². The molecule has 110 valence electrons. The summed E-state index contributed by atoms with van der Waals surface area (Å²) in [5.74, 6) is -0.944. The van der Waals surface area contributed by atoms with Gasteiger partial charge in [-0.1, -0.05) is 30.3 Å². The number of amides is 1. The number of nitrogens with one attached hydrogen (secondary N) is 1. The lowest BCUT2D eigenvalue weighted by atomic mass is 10.2. The van der Waals surface area contributed by atoms with Crippen LogP contribution in [0.3, 0.4) is 0 Å². The van der Waals surface area contributed by atoms with Gasteiger partial charge in [0.2, 0.25) is 5.91 Å². The molecule has 1 N–H and O–H groups in total. The maximum Gasteiger partial charge on any atom is 0.234 e. The summed E-state index contributed by atoms with van der Waals surface area (Å²) in [6.45, 7) is 0. The zero-order valence-electron chi connectivity index (χ0n) is 10.9. The van der Waals surface area contributed by atoms with E-state index in [9.17, 15) is 13.6 Å². The number of hydrogen-bond donors (Lipinski definition) is 1. The van der Waals surface area contributed by atoms with Crippen LogP contribution in [-0.2, 0) is 10.5 Å². The lowest BCUT2D eigenvalue weighted by Gasteiger charge is -2.08. The smallest absolute Gasteiger partial charge is 0.234 e. The first kappa shape index (κ1) is 16.0. The van der Waals surface area contributed by atoms with Gasteiger partial charge in [0.05, 0.1) is 11.4 Å². The molecule has 0 saturated carbocycles. The third-order valence-electron chi connectivity index (χ3n) is 2.62. The standard InChI is InChI=1S/C15H12BrF2NOS/c16-12-6-11(17)7-13(18)15(12)19-14(20)9-21-8-10-4-2-1-3-5-10/h1-7H,8-9H2,(H,19,20). The summed E-state index contributed by atoms with van der Waals surface area (Å²) in [5, 5.41) is 2.44. The van der Waals surface area contributed by atoms with E-state index in [1.807, 2.05) is 30.3 Å². The first-order valence-corrected chi connectivity index (χ1v) is 8.07. The van der Waals surface area contributed by atoms with Crippen LogP contribution < -0.4 is 5.32 Å². The molecule has 0 aliphatic carbocycles. The van der Waals surface area contributed by atoms with E-state index in [-0.39, 0.29) is 21.8 Å². The molecule has 2 aromatic rings. The Morgan fingerprint density at radius 1 is 1.19 bits per heavy atom. The van der Waals surface area contributed by atoms with Crippen LogP contribution in [0.15, 0.2) is 46.9 Å². The number of carbonyl (C=O) groups excluding carboxylic acids is 1. The second kappa shape index (κ2) is 7.56. The van der Waals surface area contributed by atoms with E-state index in [4.69, 9.17) is 0 Å². The van der Waals surface area contributed by atoms with Crippen LogP contribution in [-0.4, -0.2) is 11.7 Å². The van der Waals surface area contributed by atoms with Crippen molar-refractivity contribution in [2.45, 2.75) is 5.75 Å². The molecule has 0 unspecified atom stereocenters. The van der Waals surface area contributed by atoms with Crippen LogP contribution >= 0.6 is 27.7 Å². The van der Waals surface area contributed by atoms with E-state index in [0.717, 1.165) is 17.7 Å². The molecule has 0 spiro atoms. The monoisotopic (exact) mass is 371 g/mol. The second-order valence-electron chi connectivity index (χ2n) is 4.27. The van der Waals surface area contributed by atoms with Crippen molar-refractivity contribution in [3.05, 3.63) is 64.1 Å². The van der Waals surface area contributed by atoms with Gasteiger partial charge in [-0.25, -0.2) is 8.78 Å². The summed E-state index contributed by atoms with van der Waals surface area (Å²) < 4.78 is 26.7. The minimum Gasteiger partial charge on any atom is -0.322 e. The summed E-state index contributed by atoms with van der Waals surface area (Å²) in [6, 6.07) is 11.6. The number of carbonyl (C=O) groups is 1. The summed E-state index contributed by atoms with van der Waals surface area (Å²) in [4.78, 5) is 11.8. The second-order valence-corrected chi connectivity index (χ2v) is 6.11. The van der Waals surface area contributed by atoms with E-state index < -0.39 is 11.6 Å². The van der Waals surface area contributed by atoms with Crippen LogP contribution in [0.1, 0.15) is 5.56 Å². The highest BCUT2D eigenvalue weighted by Gasteiger charge is 2.12. The maximum atomic E-state index is 13.6. The van der Waals surface area contributed by atoms with Gasteiger partial charge in [0.15, 0.2) is 5.82 Å². The summed E-state index contributed by atoms with van der Waals surface area (Å²) in [7, 11) is 0.